The second-order valence-electron chi connectivity index (χ2n) is 8.11. The topological polar surface area (TPSA) is 69.7 Å². The van der Waals surface area contributed by atoms with E-state index < -0.39 is 10.0 Å². The molecule has 0 radical (unpaired) electrons. The lowest BCUT2D eigenvalue weighted by atomic mass is 9.87. The zero-order valence-electron chi connectivity index (χ0n) is 16.8. The summed E-state index contributed by atoms with van der Waals surface area (Å²) >= 11 is 1.25. The summed E-state index contributed by atoms with van der Waals surface area (Å²) in [6.45, 7) is 1.70. The molecule has 0 saturated carbocycles. The van der Waals surface area contributed by atoms with Crippen LogP contribution in [0.3, 0.4) is 0 Å². The Morgan fingerprint density at radius 3 is 2.50 bits per heavy atom. The highest BCUT2D eigenvalue weighted by Crippen LogP contribution is 2.35. The van der Waals surface area contributed by atoms with Gasteiger partial charge < -0.3 is 10.2 Å². The number of carbonyl (C=O) groups is 1. The number of thiophene rings is 1. The van der Waals surface area contributed by atoms with Crippen LogP contribution >= 0.6 is 11.3 Å². The predicted octanol–water partition coefficient (Wildman–Crippen LogP) is 3.25. The summed E-state index contributed by atoms with van der Waals surface area (Å²) < 4.78 is 40.5. The highest BCUT2D eigenvalue weighted by atomic mass is 32.2. The molecule has 2 aromatic rings. The Hall–Kier alpha value is -1.81. The SMILES string of the molecule is CN1C[C@@H](C(=O)Nc2ccc(F)cc2)C[C@@H]1C1CCN(S(=O)(=O)c2cccs2)CC1. The van der Waals surface area contributed by atoms with Gasteiger partial charge in [0.15, 0.2) is 0 Å². The van der Waals surface area contributed by atoms with Crippen molar-refractivity contribution in [2.75, 3.05) is 32.0 Å². The quantitative estimate of drug-likeness (QED) is 0.758. The Morgan fingerprint density at radius 1 is 1.17 bits per heavy atom. The minimum absolute atomic E-state index is 0.0475. The second-order valence-corrected chi connectivity index (χ2v) is 11.2. The molecule has 2 aliphatic heterocycles. The molecule has 9 heteroatoms. The van der Waals surface area contributed by atoms with Gasteiger partial charge in [-0.2, -0.15) is 4.31 Å². The Kier molecular flexibility index (Phi) is 6.24. The molecule has 6 nitrogen and oxygen atoms in total. The first-order valence-electron chi connectivity index (χ1n) is 10.1. The third kappa shape index (κ3) is 4.44. The van der Waals surface area contributed by atoms with E-state index in [0.717, 1.165) is 19.3 Å². The van der Waals surface area contributed by atoms with Crippen molar-refractivity contribution in [1.82, 2.24) is 9.21 Å². The molecule has 30 heavy (non-hydrogen) atoms. The van der Waals surface area contributed by atoms with E-state index in [1.807, 2.05) is 7.05 Å². The van der Waals surface area contributed by atoms with E-state index in [9.17, 15) is 17.6 Å². The minimum Gasteiger partial charge on any atom is -0.326 e. The van der Waals surface area contributed by atoms with Crippen LogP contribution in [0, 0.1) is 17.7 Å². The fourth-order valence-electron chi connectivity index (χ4n) is 4.59. The Bertz CT molecular complexity index is 971. The van der Waals surface area contributed by atoms with Crippen LogP contribution in [-0.2, 0) is 14.8 Å². The third-order valence-electron chi connectivity index (χ3n) is 6.22. The van der Waals surface area contributed by atoms with Crippen molar-refractivity contribution in [3.05, 3.63) is 47.6 Å². The lowest BCUT2D eigenvalue weighted by molar-refractivity contribution is -0.119. The molecular weight excluding hydrogens is 425 g/mol. The summed E-state index contributed by atoms with van der Waals surface area (Å²) in [6, 6.07) is 9.46. The van der Waals surface area contributed by atoms with Gasteiger partial charge >= 0.3 is 0 Å². The molecule has 3 heterocycles. The van der Waals surface area contributed by atoms with Gasteiger partial charge in [0, 0.05) is 31.4 Å². The number of rotatable bonds is 5. The van der Waals surface area contributed by atoms with E-state index in [1.54, 1.807) is 34.0 Å². The second kappa shape index (κ2) is 8.74. The van der Waals surface area contributed by atoms with Gasteiger partial charge in [-0.3, -0.25) is 4.79 Å². The number of halogens is 1. The number of anilines is 1. The molecule has 162 valence electrons. The van der Waals surface area contributed by atoms with Gasteiger partial charge in [-0.15, -0.1) is 11.3 Å². The van der Waals surface area contributed by atoms with Crippen molar-refractivity contribution in [2.24, 2.45) is 11.8 Å². The fraction of sp³-hybridized carbons (Fsp3) is 0.476. The van der Waals surface area contributed by atoms with E-state index in [4.69, 9.17) is 0 Å². The number of hydrogen-bond donors (Lipinski definition) is 1. The van der Waals surface area contributed by atoms with Crippen molar-refractivity contribution in [3.8, 4) is 0 Å². The molecule has 0 spiro atoms. The summed E-state index contributed by atoms with van der Waals surface area (Å²) in [4.78, 5) is 14.9. The van der Waals surface area contributed by atoms with E-state index in [1.165, 1.54) is 23.5 Å². The zero-order valence-corrected chi connectivity index (χ0v) is 18.5. The van der Waals surface area contributed by atoms with Gasteiger partial charge in [0.05, 0.1) is 5.92 Å². The van der Waals surface area contributed by atoms with E-state index in [-0.39, 0.29) is 23.7 Å². The van der Waals surface area contributed by atoms with Crippen LogP contribution in [0.5, 0.6) is 0 Å². The summed E-state index contributed by atoms with van der Waals surface area (Å²) in [5.74, 6) is -0.138. The van der Waals surface area contributed by atoms with Crippen LogP contribution < -0.4 is 5.32 Å². The van der Waals surface area contributed by atoms with Gasteiger partial charge in [-0.25, -0.2) is 12.8 Å². The number of sulfonamides is 1. The standard InChI is InChI=1S/C21H26FN3O3S2/c1-24-14-16(21(26)23-18-6-4-17(22)5-7-18)13-19(24)15-8-10-25(11-9-15)30(27,28)20-3-2-12-29-20/h2-7,12,15-16,19H,8-11,13-14H2,1H3,(H,23,26)/t16-,19+/m0/s1. The molecule has 1 amide bonds. The van der Waals surface area contributed by atoms with Gasteiger partial charge in [0.2, 0.25) is 5.91 Å². The molecule has 4 rings (SSSR count). The molecule has 0 aliphatic carbocycles. The van der Waals surface area contributed by atoms with E-state index >= 15 is 0 Å². The first-order valence-corrected chi connectivity index (χ1v) is 12.5. The molecule has 0 bridgehead atoms. The Balaban J connectivity index is 1.33. The molecule has 1 aromatic carbocycles. The number of nitrogens with zero attached hydrogens (tertiary/aromatic N) is 2. The largest absolute Gasteiger partial charge is 0.326 e. The predicted molar refractivity (Wildman–Crippen MR) is 115 cm³/mol. The lowest BCUT2D eigenvalue weighted by Crippen LogP contribution is -2.43. The number of hydrogen-bond acceptors (Lipinski definition) is 5. The maximum atomic E-state index is 13.1. The van der Waals surface area contributed by atoms with Crippen molar-refractivity contribution in [2.45, 2.75) is 29.5 Å². The highest BCUT2D eigenvalue weighted by molar-refractivity contribution is 7.91. The number of benzene rings is 1. The molecule has 1 aromatic heterocycles. The molecule has 1 N–H and O–H groups in total. The summed E-state index contributed by atoms with van der Waals surface area (Å²) in [5, 5.41) is 4.66. The summed E-state index contributed by atoms with van der Waals surface area (Å²) in [7, 11) is -1.36. The van der Waals surface area contributed by atoms with Crippen molar-refractivity contribution in [1.29, 1.82) is 0 Å². The molecule has 0 unspecified atom stereocenters. The molecule has 2 aliphatic rings. The lowest BCUT2D eigenvalue weighted by Gasteiger charge is -2.36. The third-order valence-corrected chi connectivity index (χ3v) is 9.49. The average molecular weight is 452 g/mol. The van der Waals surface area contributed by atoms with Crippen LogP contribution in [-0.4, -0.2) is 56.3 Å². The van der Waals surface area contributed by atoms with Gasteiger partial charge in [-0.1, -0.05) is 6.07 Å². The molecule has 2 saturated heterocycles. The Morgan fingerprint density at radius 2 is 1.87 bits per heavy atom. The summed E-state index contributed by atoms with van der Waals surface area (Å²) in [6.07, 6.45) is 2.35. The highest BCUT2D eigenvalue weighted by Gasteiger charge is 2.40. The number of nitrogens with one attached hydrogen (secondary N) is 1. The first kappa shape index (κ1) is 21.4. The number of likely N-dealkylation sites (tertiary alicyclic amines) is 1. The molecule has 2 atom stereocenters. The smallest absolute Gasteiger partial charge is 0.252 e. The van der Waals surface area contributed by atoms with E-state index in [0.29, 0.717) is 35.4 Å². The first-order chi connectivity index (χ1) is 14.3. The number of amides is 1. The van der Waals surface area contributed by atoms with Crippen molar-refractivity contribution in [3.63, 3.8) is 0 Å². The van der Waals surface area contributed by atoms with Crippen LogP contribution in [0.25, 0.3) is 0 Å². The van der Waals surface area contributed by atoms with Crippen LogP contribution in [0.15, 0.2) is 46.0 Å². The van der Waals surface area contributed by atoms with Crippen molar-refractivity contribution < 1.29 is 17.6 Å². The monoisotopic (exact) mass is 451 g/mol. The van der Waals surface area contributed by atoms with Crippen molar-refractivity contribution >= 4 is 33.0 Å². The molecular formula is C21H26FN3O3S2. The molecule has 2 fully saturated rings. The maximum absolute atomic E-state index is 13.1. The zero-order chi connectivity index (χ0) is 21.3. The van der Waals surface area contributed by atoms with Gasteiger partial charge in [0.1, 0.15) is 10.0 Å². The summed E-state index contributed by atoms with van der Waals surface area (Å²) in [5.41, 5.74) is 0.597. The van der Waals surface area contributed by atoms with Crippen LogP contribution in [0.2, 0.25) is 0 Å². The number of carbonyl (C=O) groups excluding carboxylic acids is 1. The minimum atomic E-state index is -3.39. The number of piperidine rings is 1. The van der Waals surface area contributed by atoms with Gasteiger partial charge in [0.25, 0.3) is 10.0 Å². The van der Waals surface area contributed by atoms with Crippen LogP contribution in [0.4, 0.5) is 10.1 Å². The Labute approximate surface area is 180 Å². The average Bonchev–Trinajstić information content (AvgIpc) is 3.40. The van der Waals surface area contributed by atoms with Crippen LogP contribution in [0.1, 0.15) is 19.3 Å². The maximum Gasteiger partial charge on any atom is 0.252 e. The van der Waals surface area contributed by atoms with Gasteiger partial charge in [-0.05, 0) is 67.9 Å². The normalized spacial score (nSPS) is 24.2. The fourth-order valence-corrected chi connectivity index (χ4v) is 7.20. The van der Waals surface area contributed by atoms with E-state index in [2.05, 4.69) is 10.2 Å².